The molecule has 1 atom stereocenters. The topological polar surface area (TPSA) is 58.6 Å². The van der Waals surface area contributed by atoms with Gasteiger partial charge in [0, 0.05) is 6.54 Å². The van der Waals surface area contributed by atoms with Gasteiger partial charge in [0.15, 0.2) is 6.61 Å². The second-order valence-electron chi connectivity index (χ2n) is 5.00. The second-order valence-corrected chi connectivity index (χ2v) is 5.00. The molecule has 0 saturated heterocycles. The van der Waals surface area contributed by atoms with E-state index in [1.807, 2.05) is 45.0 Å². The van der Waals surface area contributed by atoms with Crippen molar-refractivity contribution in [1.29, 1.82) is 0 Å². The van der Waals surface area contributed by atoms with Gasteiger partial charge in [-0.1, -0.05) is 32.0 Å². The molecular weight excluding hydrogens is 242 g/mol. The van der Waals surface area contributed by atoms with Crippen molar-refractivity contribution >= 4 is 5.91 Å². The fraction of sp³-hybridized carbons (Fsp3) is 0.533. The van der Waals surface area contributed by atoms with Crippen LogP contribution in [-0.2, 0) is 4.79 Å². The second kappa shape index (κ2) is 7.79. The number of aryl methyl sites for hydroxylation is 1. The van der Waals surface area contributed by atoms with Crippen LogP contribution >= 0.6 is 0 Å². The Kier molecular flexibility index (Phi) is 6.36. The highest BCUT2D eigenvalue weighted by Crippen LogP contribution is 2.15. The summed E-state index contributed by atoms with van der Waals surface area (Å²) >= 11 is 0. The van der Waals surface area contributed by atoms with E-state index in [2.05, 4.69) is 5.32 Å². The molecule has 106 valence electrons. The summed E-state index contributed by atoms with van der Waals surface area (Å²) in [6, 6.07) is 7.58. The van der Waals surface area contributed by atoms with E-state index in [0.29, 0.717) is 13.0 Å². The number of benzene rings is 1. The first-order chi connectivity index (χ1) is 9.00. The van der Waals surface area contributed by atoms with Crippen molar-refractivity contribution in [1.82, 2.24) is 5.32 Å². The third-order valence-electron chi connectivity index (χ3n) is 2.98. The van der Waals surface area contributed by atoms with E-state index in [9.17, 15) is 9.90 Å². The van der Waals surface area contributed by atoms with Gasteiger partial charge in [-0.25, -0.2) is 0 Å². The predicted molar refractivity (Wildman–Crippen MR) is 75.1 cm³/mol. The molecule has 0 bridgehead atoms. The summed E-state index contributed by atoms with van der Waals surface area (Å²) in [7, 11) is 0. The van der Waals surface area contributed by atoms with Gasteiger partial charge in [0.2, 0.25) is 0 Å². The van der Waals surface area contributed by atoms with Crippen LogP contribution in [-0.4, -0.2) is 30.3 Å². The molecule has 1 amide bonds. The summed E-state index contributed by atoms with van der Waals surface area (Å²) < 4.78 is 5.43. The van der Waals surface area contributed by atoms with E-state index >= 15 is 0 Å². The number of rotatable bonds is 7. The minimum atomic E-state index is -0.377. The molecule has 4 nitrogen and oxygen atoms in total. The van der Waals surface area contributed by atoms with Crippen LogP contribution in [0.2, 0.25) is 0 Å². The van der Waals surface area contributed by atoms with Crippen molar-refractivity contribution in [3.63, 3.8) is 0 Å². The third-order valence-corrected chi connectivity index (χ3v) is 2.98. The van der Waals surface area contributed by atoms with Crippen LogP contribution in [0.1, 0.15) is 25.8 Å². The van der Waals surface area contributed by atoms with Crippen LogP contribution in [0.25, 0.3) is 0 Å². The van der Waals surface area contributed by atoms with Crippen LogP contribution in [0.15, 0.2) is 24.3 Å². The molecular formula is C15H23NO3. The molecule has 4 heteroatoms. The van der Waals surface area contributed by atoms with Crippen molar-refractivity contribution in [3.8, 4) is 5.75 Å². The van der Waals surface area contributed by atoms with Crippen molar-refractivity contribution in [3.05, 3.63) is 29.8 Å². The first kappa shape index (κ1) is 15.5. The van der Waals surface area contributed by atoms with E-state index in [-0.39, 0.29) is 24.5 Å². The van der Waals surface area contributed by atoms with Gasteiger partial charge in [-0.2, -0.15) is 0 Å². The lowest BCUT2D eigenvalue weighted by Gasteiger charge is -2.14. The SMILES string of the molecule is Cc1ccccc1OCC(=O)NCCC(O)C(C)C. The number of amides is 1. The van der Waals surface area contributed by atoms with E-state index in [0.717, 1.165) is 11.3 Å². The Balaban J connectivity index is 2.24. The molecule has 0 aliphatic heterocycles. The number of ether oxygens (including phenoxy) is 1. The zero-order valence-electron chi connectivity index (χ0n) is 11.8. The lowest BCUT2D eigenvalue weighted by atomic mass is 10.0. The van der Waals surface area contributed by atoms with Gasteiger partial charge >= 0.3 is 0 Å². The number of aliphatic hydroxyl groups excluding tert-OH is 1. The number of aliphatic hydroxyl groups is 1. The summed E-state index contributed by atoms with van der Waals surface area (Å²) in [6.07, 6.45) is 0.186. The van der Waals surface area contributed by atoms with Crippen molar-refractivity contribution < 1.29 is 14.6 Å². The predicted octanol–water partition coefficient (Wildman–Crippen LogP) is 1.90. The fourth-order valence-corrected chi connectivity index (χ4v) is 1.61. The number of hydrogen-bond donors (Lipinski definition) is 2. The van der Waals surface area contributed by atoms with Crippen LogP contribution in [0.3, 0.4) is 0 Å². The molecule has 0 aliphatic rings. The largest absolute Gasteiger partial charge is 0.484 e. The van der Waals surface area contributed by atoms with Crippen LogP contribution < -0.4 is 10.1 Å². The summed E-state index contributed by atoms with van der Waals surface area (Å²) in [4.78, 5) is 11.6. The first-order valence-electron chi connectivity index (χ1n) is 6.64. The van der Waals surface area contributed by atoms with Gasteiger partial charge in [0.1, 0.15) is 5.75 Å². The highest BCUT2D eigenvalue weighted by Gasteiger charge is 2.09. The molecule has 0 radical (unpaired) electrons. The molecule has 1 aromatic carbocycles. The van der Waals surface area contributed by atoms with Crippen molar-refractivity contribution in [2.75, 3.05) is 13.2 Å². The smallest absolute Gasteiger partial charge is 0.257 e. The average Bonchev–Trinajstić information content (AvgIpc) is 2.37. The monoisotopic (exact) mass is 265 g/mol. The maximum Gasteiger partial charge on any atom is 0.257 e. The Bertz CT molecular complexity index is 404. The maximum absolute atomic E-state index is 11.6. The van der Waals surface area contributed by atoms with Crippen molar-refractivity contribution in [2.24, 2.45) is 5.92 Å². The van der Waals surface area contributed by atoms with E-state index in [1.54, 1.807) is 0 Å². The Morgan fingerprint density at radius 1 is 1.37 bits per heavy atom. The van der Waals surface area contributed by atoms with Gasteiger partial charge in [0.25, 0.3) is 5.91 Å². The van der Waals surface area contributed by atoms with Crippen LogP contribution in [0.5, 0.6) is 5.75 Å². The molecule has 1 unspecified atom stereocenters. The van der Waals surface area contributed by atoms with Gasteiger partial charge in [-0.15, -0.1) is 0 Å². The Morgan fingerprint density at radius 2 is 2.05 bits per heavy atom. The Labute approximate surface area is 114 Å². The normalized spacial score (nSPS) is 12.3. The number of para-hydroxylation sites is 1. The molecule has 0 saturated carbocycles. The molecule has 0 spiro atoms. The van der Waals surface area contributed by atoms with E-state index in [4.69, 9.17) is 4.74 Å². The summed E-state index contributed by atoms with van der Waals surface area (Å²) in [5.74, 6) is 0.763. The van der Waals surface area contributed by atoms with Gasteiger partial charge < -0.3 is 15.2 Å². The summed E-state index contributed by atoms with van der Waals surface area (Å²) in [5.41, 5.74) is 1.01. The molecule has 1 rings (SSSR count). The lowest BCUT2D eigenvalue weighted by Crippen LogP contribution is -2.32. The molecule has 2 N–H and O–H groups in total. The zero-order valence-corrected chi connectivity index (χ0v) is 11.8. The highest BCUT2D eigenvalue weighted by atomic mass is 16.5. The van der Waals surface area contributed by atoms with Crippen LogP contribution in [0.4, 0.5) is 0 Å². The molecule has 0 aromatic heterocycles. The summed E-state index contributed by atoms with van der Waals surface area (Å²) in [6.45, 7) is 6.31. The fourth-order valence-electron chi connectivity index (χ4n) is 1.61. The number of nitrogens with one attached hydrogen (secondary N) is 1. The van der Waals surface area contributed by atoms with Gasteiger partial charge in [0.05, 0.1) is 6.10 Å². The zero-order chi connectivity index (χ0) is 14.3. The molecule has 0 heterocycles. The molecule has 0 fully saturated rings. The standard InChI is InChI=1S/C15H23NO3/c1-11(2)13(17)8-9-16-15(18)10-19-14-7-5-4-6-12(14)3/h4-7,11,13,17H,8-10H2,1-3H3,(H,16,18). The summed E-state index contributed by atoms with van der Waals surface area (Å²) in [5, 5.41) is 12.3. The maximum atomic E-state index is 11.6. The Hall–Kier alpha value is -1.55. The van der Waals surface area contributed by atoms with Gasteiger partial charge in [-0.3, -0.25) is 4.79 Å². The minimum Gasteiger partial charge on any atom is -0.484 e. The number of carbonyl (C=O) groups is 1. The van der Waals surface area contributed by atoms with E-state index in [1.165, 1.54) is 0 Å². The molecule has 1 aromatic rings. The average molecular weight is 265 g/mol. The first-order valence-corrected chi connectivity index (χ1v) is 6.64. The molecule has 0 aliphatic carbocycles. The quantitative estimate of drug-likeness (QED) is 0.791. The minimum absolute atomic E-state index is 0.00261. The van der Waals surface area contributed by atoms with E-state index < -0.39 is 0 Å². The van der Waals surface area contributed by atoms with Crippen molar-refractivity contribution in [2.45, 2.75) is 33.3 Å². The third kappa shape index (κ3) is 5.75. The van der Waals surface area contributed by atoms with Gasteiger partial charge in [-0.05, 0) is 30.9 Å². The highest BCUT2D eigenvalue weighted by molar-refractivity contribution is 5.77. The number of carbonyl (C=O) groups excluding carboxylic acids is 1. The number of hydrogen-bond acceptors (Lipinski definition) is 3. The molecule has 19 heavy (non-hydrogen) atoms. The Morgan fingerprint density at radius 3 is 2.68 bits per heavy atom. The van der Waals surface area contributed by atoms with Crippen LogP contribution in [0, 0.1) is 12.8 Å². The lowest BCUT2D eigenvalue weighted by molar-refractivity contribution is -0.123.